The molecule has 1 aromatic heterocycles. The summed E-state index contributed by atoms with van der Waals surface area (Å²) in [6.07, 6.45) is 0.452. The van der Waals surface area contributed by atoms with E-state index in [-0.39, 0.29) is 5.91 Å². The van der Waals surface area contributed by atoms with Gasteiger partial charge in [-0.3, -0.25) is 4.79 Å². The molecule has 0 bridgehead atoms. The fourth-order valence-electron chi connectivity index (χ4n) is 2.34. The van der Waals surface area contributed by atoms with Gasteiger partial charge in [-0.15, -0.1) is 0 Å². The van der Waals surface area contributed by atoms with Crippen LogP contribution in [0.1, 0.15) is 25.2 Å². The molecular formula is C15H21N3O. The second-order valence-corrected chi connectivity index (χ2v) is 4.78. The normalized spacial score (nSPS) is 10.9. The largest absolute Gasteiger partial charge is 0.343 e. The zero-order valence-corrected chi connectivity index (χ0v) is 12.1. The number of hydrogen-bond acceptors (Lipinski definition) is 2. The minimum Gasteiger partial charge on any atom is -0.343 e. The number of carbonyl (C=O) groups is 1. The molecule has 1 heterocycles. The first-order valence-corrected chi connectivity index (χ1v) is 6.76. The van der Waals surface area contributed by atoms with Gasteiger partial charge in [0.2, 0.25) is 5.91 Å². The average Bonchev–Trinajstić information content (AvgIpc) is 2.66. The molecule has 0 unspecified atom stereocenters. The molecule has 0 aliphatic carbocycles. The van der Waals surface area contributed by atoms with Crippen LogP contribution in [-0.4, -0.2) is 33.4 Å². The maximum absolute atomic E-state index is 12.1. The number of aryl methyl sites for hydroxylation is 2. The van der Waals surface area contributed by atoms with E-state index >= 15 is 0 Å². The second-order valence-electron chi connectivity index (χ2n) is 4.78. The van der Waals surface area contributed by atoms with Crippen molar-refractivity contribution in [1.29, 1.82) is 0 Å². The number of hydrogen-bond donors (Lipinski definition) is 0. The SMILES string of the molecule is CCN(CC)C(=O)Cc1ccc2c(c1)nc(C)n2C. The number of amides is 1. The standard InChI is InChI=1S/C15H21N3O/c1-5-18(6-2)15(19)10-12-7-8-14-13(9-12)16-11(3)17(14)4/h7-9H,5-6,10H2,1-4H3. The fraction of sp³-hybridized carbons (Fsp3) is 0.467. The van der Waals surface area contributed by atoms with E-state index in [1.165, 1.54) is 0 Å². The minimum atomic E-state index is 0.178. The van der Waals surface area contributed by atoms with Crippen LogP contribution in [0.5, 0.6) is 0 Å². The summed E-state index contributed by atoms with van der Waals surface area (Å²) < 4.78 is 2.06. The van der Waals surface area contributed by atoms with E-state index in [2.05, 4.69) is 9.55 Å². The van der Waals surface area contributed by atoms with Crippen molar-refractivity contribution in [2.24, 2.45) is 7.05 Å². The lowest BCUT2D eigenvalue weighted by Crippen LogP contribution is -2.31. The zero-order valence-electron chi connectivity index (χ0n) is 12.1. The quantitative estimate of drug-likeness (QED) is 0.845. The summed E-state index contributed by atoms with van der Waals surface area (Å²) in [6, 6.07) is 6.08. The molecule has 1 amide bonds. The number of nitrogens with zero attached hydrogens (tertiary/aromatic N) is 3. The van der Waals surface area contributed by atoms with Gasteiger partial charge in [-0.2, -0.15) is 0 Å². The van der Waals surface area contributed by atoms with E-state index in [1.807, 2.05) is 50.9 Å². The highest BCUT2D eigenvalue weighted by Gasteiger charge is 2.11. The summed E-state index contributed by atoms with van der Waals surface area (Å²) in [6.45, 7) is 7.53. The summed E-state index contributed by atoms with van der Waals surface area (Å²) >= 11 is 0. The zero-order chi connectivity index (χ0) is 14.0. The van der Waals surface area contributed by atoms with Crippen LogP contribution in [-0.2, 0) is 18.3 Å². The topological polar surface area (TPSA) is 38.1 Å². The Morgan fingerprint density at radius 3 is 2.63 bits per heavy atom. The van der Waals surface area contributed by atoms with E-state index in [0.717, 1.165) is 35.5 Å². The van der Waals surface area contributed by atoms with Crippen molar-refractivity contribution in [2.45, 2.75) is 27.2 Å². The van der Waals surface area contributed by atoms with Crippen LogP contribution in [0.25, 0.3) is 11.0 Å². The molecule has 2 aromatic rings. The van der Waals surface area contributed by atoms with Gasteiger partial charge < -0.3 is 9.47 Å². The Morgan fingerprint density at radius 2 is 2.00 bits per heavy atom. The Balaban J connectivity index is 2.24. The van der Waals surface area contributed by atoms with Gasteiger partial charge in [0.15, 0.2) is 0 Å². The molecule has 19 heavy (non-hydrogen) atoms. The average molecular weight is 259 g/mol. The molecular weight excluding hydrogens is 238 g/mol. The molecule has 0 spiro atoms. The number of carbonyl (C=O) groups excluding carboxylic acids is 1. The highest BCUT2D eigenvalue weighted by atomic mass is 16.2. The van der Waals surface area contributed by atoms with Gasteiger partial charge in [0, 0.05) is 20.1 Å². The van der Waals surface area contributed by atoms with Gasteiger partial charge in [-0.25, -0.2) is 4.98 Å². The smallest absolute Gasteiger partial charge is 0.226 e. The molecule has 0 N–H and O–H groups in total. The van der Waals surface area contributed by atoms with Crippen molar-refractivity contribution >= 4 is 16.9 Å². The van der Waals surface area contributed by atoms with Crippen molar-refractivity contribution in [3.63, 3.8) is 0 Å². The van der Waals surface area contributed by atoms with Gasteiger partial charge in [0.25, 0.3) is 0 Å². The molecule has 2 rings (SSSR count). The molecule has 0 atom stereocenters. The third-order valence-corrected chi connectivity index (χ3v) is 3.64. The third-order valence-electron chi connectivity index (χ3n) is 3.64. The number of fused-ring (bicyclic) bond motifs is 1. The van der Waals surface area contributed by atoms with Gasteiger partial charge in [0.1, 0.15) is 5.82 Å². The Morgan fingerprint density at radius 1 is 1.32 bits per heavy atom. The Labute approximate surface area is 114 Å². The van der Waals surface area contributed by atoms with E-state index in [0.29, 0.717) is 6.42 Å². The summed E-state index contributed by atoms with van der Waals surface area (Å²) in [4.78, 5) is 18.4. The molecule has 0 saturated heterocycles. The highest BCUT2D eigenvalue weighted by Crippen LogP contribution is 2.17. The first kappa shape index (κ1) is 13.6. The van der Waals surface area contributed by atoms with E-state index in [9.17, 15) is 4.79 Å². The lowest BCUT2D eigenvalue weighted by atomic mass is 10.1. The minimum absolute atomic E-state index is 0.178. The number of benzene rings is 1. The van der Waals surface area contributed by atoms with Gasteiger partial charge in [-0.05, 0) is 38.5 Å². The molecule has 0 aliphatic rings. The summed E-state index contributed by atoms with van der Waals surface area (Å²) in [5, 5.41) is 0. The molecule has 102 valence electrons. The number of imidazole rings is 1. The van der Waals surface area contributed by atoms with E-state index < -0.39 is 0 Å². The predicted molar refractivity (Wildman–Crippen MR) is 77.1 cm³/mol. The Kier molecular flexibility index (Phi) is 3.88. The van der Waals surface area contributed by atoms with Crippen LogP contribution in [0.15, 0.2) is 18.2 Å². The Hall–Kier alpha value is -1.84. The first-order valence-electron chi connectivity index (χ1n) is 6.76. The van der Waals surface area contributed by atoms with Crippen LogP contribution >= 0.6 is 0 Å². The number of aromatic nitrogens is 2. The van der Waals surface area contributed by atoms with Gasteiger partial charge in [0.05, 0.1) is 17.5 Å². The van der Waals surface area contributed by atoms with E-state index in [4.69, 9.17) is 0 Å². The fourth-order valence-corrected chi connectivity index (χ4v) is 2.34. The van der Waals surface area contributed by atoms with Crippen LogP contribution in [0.2, 0.25) is 0 Å². The van der Waals surface area contributed by atoms with Gasteiger partial charge in [-0.1, -0.05) is 6.07 Å². The summed E-state index contributed by atoms with van der Waals surface area (Å²) in [5.74, 6) is 1.17. The van der Waals surface area contributed by atoms with Crippen molar-refractivity contribution in [1.82, 2.24) is 14.5 Å². The predicted octanol–water partition coefficient (Wildman–Crippen LogP) is 2.29. The van der Waals surface area contributed by atoms with Gasteiger partial charge >= 0.3 is 0 Å². The van der Waals surface area contributed by atoms with E-state index in [1.54, 1.807) is 0 Å². The maximum Gasteiger partial charge on any atom is 0.226 e. The van der Waals surface area contributed by atoms with Crippen molar-refractivity contribution in [3.8, 4) is 0 Å². The van der Waals surface area contributed by atoms with Crippen LogP contribution in [0, 0.1) is 6.92 Å². The highest BCUT2D eigenvalue weighted by molar-refractivity contribution is 5.82. The molecule has 0 fully saturated rings. The van der Waals surface area contributed by atoms with Crippen LogP contribution < -0.4 is 0 Å². The van der Waals surface area contributed by atoms with Crippen LogP contribution in [0.3, 0.4) is 0 Å². The lowest BCUT2D eigenvalue weighted by molar-refractivity contribution is -0.130. The number of rotatable bonds is 4. The molecule has 0 radical (unpaired) electrons. The molecule has 4 nitrogen and oxygen atoms in total. The monoisotopic (exact) mass is 259 g/mol. The second kappa shape index (κ2) is 5.43. The van der Waals surface area contributed by atoms with Crippen molar-refractivity contribution in [2.75, 3.05) is 13.1 Å². The summed E-state index contributed by atoms with van der Waals surface area (Å²) in [7, 11) is 2.01. The molecule has 0 saturated carbocycles. The van der Waals surface area contributed by atoms with Crippen molar-refractivity contribution in [3.05, 3.63) is 29.6 Å². The molecule has 4 heteroatoms. The summed E-state index contributed by atoms with van der Waals surface area (Å²) in [5.41, 5.74) is 3.10. The number of likely N-dealkylation sites (N-methyl/N-ethyl adjacent to an activating group) is 1. The Bertz CT molecular complexity index is 597. The third kappa shape index (κ3) is 2.62. The first-order chi connectivity index (χ1) is 9.06. The van der Waals surface area contributed by atoms with Crippen LogP contribution in [0.4, 0.5) is 0 Å². The molecule has 0 aliphatic heterocycles. The lowest BCUT2D eigenvalue weighted by Gasteiger charge is -2.18. The maximum atomic E-state index is 12.1. The molecule has 1 aromatic carbocycles. The van der Waals surface area contributed by atoms with Crippen molar-refractivity contribution < 1.29 is 4.79 Å².